The number of thiazole rings is 1. The highest BCUT2D eigenvalue weighted by Gasteiger charge is 2.33. The van der Waals surface area contributed by atoms with Gasteiger partial charge in [-0.3, -0.25) is 9.36 Å². The summed E-state index contributed by atoms with van der Waals surface area (Å²) in [5.41, 5.74) is 3.56. The lowest BCUT2D eigenvalue weighted by Crippen LogP contribution is -2.39. The molecular weight excluding hydrogens is 432 g/mol. The van der Waals surface area contributed by atoms with Gasteiger partial charge in [-0.2, -0.15) is 0 Å². The number of benzene rings is 2. The fourth-order valence-corrected chi connectivity index (χ4v) is 4.74. The van der Waals surface area contributed by atoms with Crippen molar-refractivity contribution < 1.29 is 9.53 Å². The molecule has 2 heterocycles. The number of halogens is 1. The maximum absolute atomic E-state index is 13.4. The number of carbonyl (C=O) groups excluding carboxylic acids is 1. The molecule has 0 fully saturated rings. The van der Waals surface area contributed by atoms with Crippen LogP contribution in [0.2, 0.25) is 5.02 Å². The molecule has 0 amide bonds. The van der Waals surface area contributed by atoms with Gasteiger partial charge in [-0.1, -0.05) is 64.9 Å². The maximum Gasteiger partial charge on any atom is 0.338 e. The molecule has 7 heteroatoms. The minimum absolute atomic E-state index is 0.196. The zero-order valence-corrected chi connectivity index (χ0v) is 19.0. The first kappa shape index (κ1) is 21.3. The minimum Gasteiger partial charge on any atom is -0.463 e. The lowest BCUT2D eigenvalue weighted by molar-refractivity contribution is -0.139. The fraction of sp³-hybridized carbons (Fsp3) is 0.208. The predicted octanol–water partition coefficient (Wildman–Crippen LogP) is 3.76. The van der Waals surface area contributed by atoms with Gasteiger partial charge in [-0.05, 0) is 50.1 Å². The van der Waals surface area contributed by atoms with E-state index in [0.717, 1.165) is 16.7 Å². The average Bonchev–Trinajstić information content (AvgIpc) is 3.04. The minimum atomic E-state index is -0.632. The van der Waals surface area contributed by atoms with Gasteiger partial charge in [0.05, 0.1) is 28.5 Å². The lowest BCUT2D eigenvalue weighted by Gasteiger charge is -2.24. The predicted molar refractivity (Wildman–Crippen MR) is 123 cm³/mol. The van der Waals surface area contributed by atoms with Crippen LogP contribution < -0.4 is 14.9 Å². The van der Waals surface area contributed by atoms with Crippen molar-refractivity contribution in [2.45, 2.75) is 26.8 Å². The molecule has 31 heavy (non-hydrogen) atoms. The number of nitrogens with zero attached hydrogens (tertiary/aromatic N) is 2. The Morgan fingerprint density at radius 3 is 2.48 bits per heavy atom. The molecule has 0 bridgehead atoms. The van der Waals surface area contributed by atoms with Crippen LogP contribution in [-0.4, -0.2) is 17.1 Å². The average molecular weight is 453 g/mol. The third-order valence-electron chi connectivity index (χ3n) is 5.08. The highest BCUT2D eigenvalue weighted by molar-refractivity contribution is 7.07. The van der Waals surface area contributed by atoms with Crippen molar-refractivity contribution in [1.82, 2.24) is 4.57 Å². The summed E-state index contributed by atoms with van der Waals surface area (Å²) < 4.78 is 7.42. The second-order valence-corrected chi connectivity index (χ2v) is 8.71. The third-order valence-corrected chi connectivity index (χ3v) is 6.31. The van der Waals surface area contributed by atoms with Crippen LogP contribution in [0.5, 0.6) is 0 Å². The van der Waals surface area contributed by atoms with Gasteiger partial charge in [0, 0.05) is 5.02 Å². The Morgan fingerprint density at radius 1 is 1.16 bits per heavy atom. The van der Waals surface area contributed by atoms with Crippen molar-refractivity contribution >= 4 is 35.0 Å². The van der Waals surface area contributed by atoms with Crippen LogP contribution in [0.25, 0.3) is 6.08 Å². The first-order chi connectivity index (χ1) is 14.9. The molecule has 0 radical (unpaired) electrons. The van der Waals surface area contributed by atoms with E-state index in [1.807, 2.05) is 49.4 Å². The number of aryl methyl sites for hydroxylation is 1. The number of allylic oxidation sites excluding steroid dienone is 1. The number of hydrogen-bond acceptors (Lipinski definition) is 5. The van der Waals surface area contributed by atoms with Gasteiger partial charge in [0.1, 0.15) is 0 Å². The SMILES string of the molecule is CCOC(=O)C1=C(C)N=c2s/c(=C/c3ccc(C)cc3)c(=O)n2[C@H]1c1ccc(Cl)cc1. The summed E-state index contributed by atoms with van der Waals surface area (Å²) in [5.74, 6) is -0.475. The largest absolute Gasteiger partial charge is 0.463 e. The summed E-state index contributed by atoms with van der Waals surface area (Å²) in [5, 5.41) is 0.578. The molecule has 0 spiro atoms. The second-order valence-electron chi connectivity index (χ2n) is 7.26. The van der Waals surface area contributed by atoms with E-state index >= 15 is 0 Å². The molecule has 0 unspecified atom stereocenters. The lowest BCUT2D eigenvalue weighted by atomic mass is 9.96. The van der Waals surface area contributed by atoms with Crippen LogP contribution in [-0.2, 0) is 9.53 Å². The Morgan fingerprint density at radius 2 is 1.84 bits per heavy atom. The Labute approximate surface area is 188 Å². The number of ether oxygens (including phenoxy) is 1. The zero-order chi connectivity index (χ0) is 22.1. The molecule has 1 aliphatic heterocycles. The van der Waals surface area contributed by atoms with Gasteiger partial charge in [0.15, 0.2) is 4.80 Å². The van der Waals surface area contributed by atoms with Crippen molar-refractivity contribution in [3.05, 3.63) is 101 Å². The van der Waals surface area contributed by atoms with Crippen LogP contribution in [0.15, 0.2) is 69.6 Å². The van der Waals surface area contributed by atoms with Crippen LogP contribution in [0.4, 0.5) is 0 Å². The standard InChI is InChI=1S/C24H21ClN2O3S/c1-4-30-23(29)20-15(3)26-24-27(21(20)17-9-11-18(25)12-10-17)22(28)19(31-24)13-16-7-5-14(2)6-8-16/h5-13,21H,4H2,1-3H3/b19-13+/t21-/m0/s1. The number of aromatic nitrogens is 1. The van der Waals surface area contributed by atoms with Crippen LogP contribution >= 0.6 is 22.9 Å². The summed E-state index contributed by atoms with van der Waals surface area (Å²) in [6, 6.07) is 14.5. The van der Waals surface area contributed by atoms with Gasteiger partial charge in [-0.15, -0.1) is 0 Å². The Balaban J connectivity index is 1.94. The zero-order valence-electron chi connectivity index (χ0n) is 17.4. The van der Waals surface area contributed by atoms with Gasteiger partial charge in [-0.25, -0.2) is 9.79 Å². The smallest absolute Gasteiger partial charge is 0.338 e. The molecule has 1 atom stereocenters. The molecule has 1 aliphatic rings. The summed E-state index contributed by atoms with van der Waals surface area (Å²) >= 11 is 7.38. The summed E-state index contributed by atoms with van der Waals surface area (Å²) in [7, 11) is 0. The van der Waals surface area contributed by atoms with E-state index in [-0.39, 0.29) is 12.2 Å². The van der Waals surface area contributed by atoms with Crippen LogP contribution in [0.1, 0.15) is 36.6 Å². The summed E-state index contributed by atoms with van der Waals surface area (Å²) in [6.45, 7) is 5.78. The van der Waals surface area contributed by atoms with Crippen molar-refractivity contribution in [1.29, 1.82) is 0 Å². The molecule has 1 aromatic heterocycles. The van der Waals surface area contributed by atoms with E-state index in [1.165, 1.54) is 11.3 Å². The highest BCUT2D eigenvalue weighted by Crippen LogP contribution is 2.31. The first-order valence-electron chi connectivity index (χ1n) is 9.91. The molecule has 5 nitrogen and oxygen atoms in total. The number of esters is 1. The number of carbonyl (C=O) groups is 1. The van der Waals surface area contributed by atoms with Gasteiger partial charge in [0.25, 0.3) is 5.56 Å². The van der Waals surface area contributed by atoms with E-state index in [0.29, 0.717) is 25.6 Å². The molecule has 3 aromatic rings. The molecule has 0 aliphatic carbocycles. The monoisotopic (exact) mass is 452 g/mol. The molecule has 0 N–H and O–H groups in total. The molecule has 0 saturated heterocycles. The molecule has 2 aromatic carbocycles. The second kappa shape index (κ2) is 8.65. The van der Waals surface area contributed by atoms with E-state index in [1.54, 1.807) is 30.5 Å². The quantitative estimate of drug-likeness (QED) is 0.566. The Hall–Kier alpha value is -2.96. The first-order valence-corrected chi connectivity index (χ1v) is 11.1. The van der Waals surface area contributed by atoms with Crippen LogP contribution in [0, 0.1) is 6.92 Å². The van der Waals surface area contributed by atoms with Crippen molar-refractivity contribution in [2.75, 3.05) is 6.61 Å². The van der Waals surface area contributed by atoms with Gasteiger partial charge >= 0.3 is 5.97 Å². The molecular formula is C24H21ClN2O3S. The Bertz CT molecular complexity index is 1350. The maximum atomic E-state index is 13.4. The van der Waals surface area contributed by atoms with Crippen LogP contribution in [0.3, 0.4) is 0 Å². The van der Waals surface area contributed by atoms with E-state index < -0.39 is 12.0 Å². The molecule has 158 valence electrons. The third kappa shape index (κ3) is 4.13. The summed E-state index contributed by atoms with van der Waals surface area (Å²) in [4.78, 5) is 31.4. The summed E-state index contributed by atoms with van der Waals surface area (Å²) in [6.07, 6.45) is 1.85. The van der Waals surface area contributed by atoms with Crippen molar-refractivity contribution in [2.24, 2.45) is 4.99 Å². The van der Waals surface area contributed by atoms with E-state index in [2.05, 4.69) is 4.99 Å². The van der Waals surface area contributed by atoms with Crippen molar-refractivity contribution in [3.8, 4) is 0 Å². The number of fused-ring (bicyclic) bond motifs is 1. The van der Waals surface area contributed by atoms with E-state index in [9.17, 15) is 9.59 Å². The van der Waals surface area contributed by atoms with Gasteiger partial charge in [0.2, 0.25) is 0 Å². The van der Waals surface area contributed by atoms with Gasteiger partial charge < -0.3 is 4.74 Å². The van der Waals surface area contributed by atoms with Crippen molar-refractivity contribution in [3.63, 3.8) is 0 Å². The van der Waals surface area contributed by atoms with E-state index in [4.69, 9.17) is 16.3 Å². The Kier molecular flexibility index (Phi) is 5.94. The fourth-order valence-electron chi connectivity index (χ4n) is 3.57. The molecule has 4 rings (SSSR count). The number of rotatable bonds is 4. The normalized spacial score (nSPS) is 16.1. The topological polar surface area (TPSA) is 60.7 Å². The molecule has 0 saturated carbocycles. The highest BCUT2D eigenvalue weighted by atomic mass is 35.5. The number of hydrogen-bond donors (Lipinski definition) is 0.